The monoisotopic (exact) mass is 971 g/mol. The molecule has 69 heavy (non-hydrogen) atoms. The molecule has 0 saturated carbocycles. The minimum atomic E-state index is -1.91. The Hall–Kier alpha value is -3.84. The van der Waals surface area contributed by atoms with Gasteiger partial charge in [0.05, 0.1) is 6.61 Å². The maximum Gasteiger partial charge on any atom is 0.335 e. The van der Waals surface area contributed by atoms with Crippen LogP contribution >= 0.6 is 0 Å². The Morgan fingerprint density at radius 1 is 0.493 bits per heavy atom. The standard InChI is InChI=1S/C57H94O12/c1-4-7-10-13-16-19-21-23-24-25-26-28-29-32-34-37-40-43-49(58)65-46-48(67-50(59)44-41-38-36-33-30-27-22-20-17-14-11-8-5-2)47-66-57-55(53(62)52(61)54(69-57)56(63)64)68-51(60)45-42-39-35-31-18-15-12-9-6-3/h7,10,16,19-20,22-24,26,28,32,34,48,52-55,57,61-62H,4-6,8-9,11-15,17-18,21,25,27,29-31,33,35-47H2,1-3H3,(H,63,64)/b10-7-,19-16-,22-20-,24-23-,28-26-,34-32-. The Morgan fingerprint density at radius 2 is 0.928 bits per heavy atom. The van der Waals surface area contributed by atoms with Gasteiger partial charge < -0.3 is 39.0 Å². The minimum absolute atomic E-state index is 0.0533. The van der Waals surface area contributed by atoms with E-state index >= 15 is 0 Å². The van der Waals surface area contributed by atoms with E-state index in [4.69, 9.17) is 23.7 Å². The smallest absolute Gasteiger partial charge is 0.335 e. The van der Waals surface area contributed by atoms with Gasteiger partial charge in [-0.3, -0.25) is 14.4 Å². The van der Waals surface area contributed by atoms with Crippen molar-refractivity contribution in [1.29, 1.82) is 0 Å². The van der Waals surface area contributed by atoms with Crippen LogP contribution in [0.15, 0.2) is 72.9 Å². The molecule has 0 aromatic heterocycles. The highest BCUT2D eigenvalue weighted by Crippen LogP contribution is 2.26. The summed E-state index contributed by atoms with van der Waals surface area (Å²) in [5.74, 6) is -3.21. The van der Waals surface area contributed by atoms with Crippen LogP contribution in [0.4, 0.5) is 0 Å². The first-order valence-electron chi connectivity index (χ1n) is 26.9. The van der Waals surface area contributed by atoms with Crippen molar-refractivity contribution in [3.63, 3.8) is 0 Å². The second-order valence-corrected chi connectivity index (χ2v) is 18.1. The largest absolute Gasteiger partial charge is 0.479 e. The average Bonchev–Trinajstić information content (AvgIpc) is 3.33. The normalized spacial score (nSPS) is 19.2. The molecule has 1 heterocycles. The van der Waals surface area contributed by atoms with Gasteiger partial charge in [-0.05, 0) is 83.5 Å². The van der Waals surface area contributed by atoms with E-state index in [0.717, 1.165) is 96.3 Å². The number of aliphatic carboxylic acids is 1. The Labute approximate surface area is 417 Å². The van der Waals surface area contributed by atoms with Crippen molar-refractivity contribution in [2.24, 2.45) is 0 Å². The molecule has 0 radical (unpaired) electrons. The lowest BCUT2D eigenvalue weighted by atomic mass is 9.98. The predicted molar refractivity (Wildman–Crippen MR) is 275 cm³/mol. The van der Waals surface area contributed by atoms with Gasteiger partial charge in [-0.15, -0.1) is 0 Å². The lowest BCUT2D eigenvalue weighted by Gasteiger charge is -2.40. The van der Waals surface area contributed by atoms with Crippen molar-refractivity contribution < 1.29 is 58.2 Å². The zero-order valence-corrected chi connectivity index (χ0v) is 43.0. The maximum absolute atomic E-state index is 13.1. The van der Waals surface area contributed by atoms with E-state index < -0.39 is 67.3 Å². The number of aliphatic hydroxyl groups is 2. The highest BCUT2D eigenvalue weighted by molar-refractivity contribution is 5.74. The Kier molecular flexibility index (Phi) is 41.5. The van der Waals surface area contributed by atoms with Gasteiger partial charge in [0, 0.05) is 19.3 Å². The molecular formula is C57H94O12. The second-order valence-electron chi connectivity index (χ2n) is 18.1. The van der Waals surface area contributed by atoms with Gasteiger partial charge in [0.2, 0.25) is 0 Å². The van der Waals surface area contributed by atoms with Crippen LogP contribution in [0, 0.1) is 0 Å². The molecule has 1 rings (SSSR count). The van der Waals surface area contributed by atoms with Gasteiger partial charge in [0.15, 0.2) is 24.6 Å². The third-order valence-corrected chi connectivity index (χ3v) is 11.8. The van der Waals surface area contributed by atoms with E-state index in [1.807, 2.05) is 6.08 Å². The lowest BCUT2D eigenvalue weighted by Crippen LogP contribution is -2.61. The fraction of sp³-hybridized carbons (Fsp3) is 0.719. The number of hydrogen-bond donors (Lipinski definition) is 3. The molecule has 394 valence electrons. The van der Waals surface area contributed by atoms with E-state index in [2.05, 4.69) is 87.6 Å². The molecule has 0 aromatic carbocycles. The first-order valence-corrected chi connectivity index (χ1v) is 26.9. The Balaban J connectivity index is 2.76. The van der Waals surface area contributed by atoms with Gasteiger partial charge in [0.1, 0.15) is 18.8 Å². The van der Waals surface area contributed by atoms with Gasteiger partial charge in [-0.2, -0.15) is 0 Å². The first-order chi connectivity index (χ1) is 33.6. The van der Waals surface area contributed by atoms with Gasteiger partial charge in [-0.1, -0.05) is 184 Å². The molecule has 6 unspecified atom stereocenters. The Bertz CT molecular complexity index is 1480. The van der Waals surface area contributed by atoms with Crippen LogP contribution in [0.2, 0.25) is 0 Å². The van der Waals surface area contributed by atoms with E-state index in [1.54, 1.807) is 0 Å². The van der Waals surface area contributed by atoms with E-state index in [-0.39, 0.29) is 25.9 Å². The van der Waals surface area contributed by atoms with Gasteiger partial charge >= 0.3 is 23.9 Å². The fourth-order valence-electron chi connectivity index (χ4n) is 7.63. The molecule has 1 aliphatic heterocycles. The third-order valence-electron chi connectivity index (χ3n) is 11.8. The van der Waals surface area contributed by atoms with Crippen molar-refractivity contribution in [3.05, 3.63) is 72.9 Å². The molecular weight excluding hydrogens is 877 g/mol. The topological polar surface area (TPSA) is 175 Å². The van der Waals surface area contributed by atoms with Crippen LogP contribution in [0.25, 0.3) is 0 Å². The molecule has 1 saturated heterocycles. The summed E-state index contributed by atoms with van der Waals surface area (Å²) in [5.41, 5.74) is 0. The molecule has 12 heteroatoms. The summed E-state index contributed by atoms with van der Waals surface area (Å²) in [7, 11) is 0. The highest BCUT2D eigenvalue weighted by atomic mass is 16.7. The number of rotatable bonds is 44. The maximum atomic E-state index is 13.1. The number of carbonyl (C=O) groups is 4. The average molecular weight is 971 g/mol. The molecule has 1 fully saturated rings. The third kappa shape index (κ3) is 35.8. The van der Waals surface area contributed by atoms with Crippen LogP contribution in [0.3, 0.4) is 0 Å². The van der Waals surface area contributed by atoms with E-state index in [9.17, 15) is 34.5 Å². The fourth-order valence-corrected chi connectivity index (χ4v) is 7.63. The number of unbranched alkanes of at least 4 members (excludes halogenated alkanes) is 18. The van der Waals surface area contributed by atoms with E-state index in [0.29, 0.717) is 25.7 Å². The number of carbonyl (C=O) groups excluding carboxylic acids is 3. The molecule has 0 bridgehead atoms. The number of ether oxygens (including phenoxy) is 5. The summed E-state index contributed by atoms with van der Waals surface area (Å²) in [6.45, 7) is 5.75. The van der Waals surface area contributed by atoms with Gasteiger partial charge in [-0.25, -0.2) is 4.79 Å². The summed E-state index contributed by atoms with van der Waals surface area (Å²) >= 11 is 0. The highest BCUT2D eigenvalue weighted by Gasteiger charge is 2.50. The second kappa shape index (κ2) is 45.3. The first kappa shape index (κ1) is 63.2. The molecule has 0 aliphatic carbocycles. The molecule has 3 N–H and O–H groups in total. The zero-order valence-electron chi connectivity index (χ0n) is 43.0. The molecule has 12 nitrogen and oxygen atoms in total. The van der Waals surface area contributed by atoms with Gasteiger partial charge in [0.25, 0.3) is 0 Å². The molecule has 0 aromatic rings. The molecule has 0 amide bonds. The van der Waals surface area contributed by atoms with Crippen LogP contribution in [0.1, 0.15) is 213 Å². The van der Waals surface area contributed by atoms with Crippen LogP contribution in [0.5, 0.6) is 0 Å². The molecule has 1 aliphatic rings. The SMILES string of the molecule is CC/C=C\C/C=C\C/C=C\C/C=C\C/C=C\CCCC(=O)OCC(COC1OC(C(=O)O)C(O)C(O)C1OC(=O)CCCCCCCCCCC)OC(=O)CCCCCCC/C=C\CCCCCC. The number of carboxylic acid groups (broad SMARTS) is 1. The summed E-state index contributed by atoms with van der Waals surface area (Å²) in [5, 5.41) is 31.3. The van der Waals surface area contributed by atoms with Crippen molar-refractivity contribution in [2.45, 2.75) is 250 Å². The minimum Gasteiger partial charge on any atom is -0.479 e. The van der Waals surface area contributed by atoms with Crippen molar-refractivity contribution >= 4 is 23.9 Å². The summed E-state index contributed by atoms with van der Waals surface area (Å²) in [6.07, 6.45) is 43.3. The van der Waals surface area contributed by atoms with Crippen LogP contribution < -0.4 is 0 Å². The molecule has 0 spiro atoms. The lowest BCUT2D eigenvalue weighted by molar-refractivity contribution is -0.301. The Morgan fingerprint density at radius 3 is 1.46 bits per heavy atom. The zero-order chi connectivity index (χ0) is 50.4. The number of carboxylic acids is 1. The van der Waals surface area contributed by atoms with Crippen LogP contribution in [-0.4, -0.2) is 89.2 Å². The number of aliphatic hydroxyl groups excluding tert-OH is 2. The number of allylic oxidation sites excluding steroid dienone is 12. The summed E-state index contributed by atoms with van der Waals surface area (Å²) < 4.78 is 28.2. The predicted octanol–water partition coefficient (Wildman–Crippen LogP) is 13.0. The summed E-state index contributed by atoms with van der Waals surface area (Å²) in [6, 6.07) is 0. The van der Waals surface area contributed by atoms with Crippen molar-refractivity contribution in [1.82, 2.24) is 0 Å². The van der Waals surface area contributed by atoms with Crippen LogP contribution in [-0.2, 0) is 42.9 Å². The molecule has 6 atom stereocenters. The van der Waals surface area contributed by atoms with Crippen molar-refractivity contribution in [3.8, 4) is 0 Å². The number of hydrogen-bond acceptors (Lipinski definition) is 11. The van der Waals surface area contributed by atoms with Crippen molar-refractivity contribution in [2.75, 3.05) is 13.2 Å². The summed E-state index contributed by atoms with van der Waals surface area (Å²) in [4.78, 5) is 50.8. The quantitative estimate of drug-likeness (QED) is 0.0228. The van der Waals surface area contributed by atoms with E-state index in [1.165, 1.54) is 51.4 Å². The number of esters is 3.